The number of nitrogens with zero attached hydrogens (tertiary/aromatic N) is 7. The van der Waals surface area contributed by atoms with E-state index in [1.807, 2.05) is 23.1 Å². The number of rotatable bonds is 4. The van der Waals surface area contributed by atoms with Crippen molar-refractivity contribution in [2.24, 2.45) is 0 Å². The number of hydrogen-bond donors (Lipinski definition) is 1. The standard InChI is InChI=1S/C19H16F3N7O/c20-19(21,22)11-28-8-13(7-24-28)15-4-16-12(5-23-15)6-25-29(16)18-3-1-2-17(26-18)27-9-14(30)10-27/h1-8,14,30H,9-11H2. The Balaban J connectivity index is 1.49. The zero-order valence-electron chi connectivity index (χ0n) is 15.5. The second-order valence-electron chi connectivity index (χ2n) is 7.14. The molecule has 0 amide bonds. The number of hydrogen-bond acceptors (Lipinski definition) is 6. The Hall–Kier alpha value is -3.47. The van der Waals surface area contributed by atoms with Crippen LogP contribution in [0.2, 0.25) is 0 Å². The molecule has 0 aliphatic carbocycles. The summed E-state index contributed by atoms with van der Waals surface area (Å²) in [5, 5.41) is 18.5. The van der Waals surface area contributed by atoms with Gasteiger partial charge in [-0.2, -0.15) is 23.4 Å². The van der Waals surface area contributed by atoms with Gasteiger partial charge in [0.05, 0.1) is 29.7 Å². The molecule has 1 aliphatic rings. The number of aliphatic hydroxyl groups excluding tert-OH is 1. The number of fused-ring (bicyclic) bond motifs is 1. The van der Waals surface area contributed by atoms with E-state index < -0.39 is 12.7 Å². The highest BCUT2D eigenvalue weighted by molar-refractivity contribution is 5.83. The third-order valence-corrected chi connectivity index (χ3v) is 4.85. The summed E-state index contributed by atoms with van der Waals surface area (Å²) < 4.78 is 40.3. The van der Waals surface area contributed by atoms with Crippen LogP contribution < -0.4 is 4.90 Å². The maximum absolute atomic E-state index is 12.6. The van der Waals surface area contributed by atoms with Crippen molar-refractivity contribution in [3.8, 4) is 17.1 Å². The first kappa shape index (κ1) is 18.6. The summed E-state index contributed by atoms with van der Waals surface area (Å²) in [5.74, 6) is 1.33. The molecule has 1 saturated heterocycles. The van der Waals surface area contributed by atoms with Gasteiger partial charge in [-0.3, -0.25) is 9.67 Å². The average Bonchev–Trinajstić information content (AvgIpc) is 3.30. The first-order chi connectivity index (χ1) is 14.4. The van der Waals surface area contributed by atoms with E-state index >= 15 is 0 Å². The zero-order valence-corrected chi connectivity index (χ0v) is 15.5. The van der Waals surface area contributed by atoms with Gasteiger partial charge >= 0.3 is 6.18 Å². The van der Waals surface area contributed by atoms with Crippen molar-refractivity contribution in [1.82, 2.24) is 29.5 Å². The fourth-order valence-corrected chi connectivity index (χ4v) is 3.38. The van der Waals surface area contributed by atoms with E-state index in [2.05, 4.69) is 20.2 Å². The molecule has 5 heterocycles. The van der Waals surface area contributed by atoms with Crippen molar-refractivity contribution in [3.63, 3.8) is 0 Å². The number of halogens is 3. The molecule has 30 heavy (non-hydrogen) atoms. The lowest BCUT2D eigenvalue weighted by atomic mass is 10.2. The summed E-state index contributed by atoms with van der Waals surface area (Å²) in [4.78, 5) is 10.9. The van der Waals surface area contributed by atoms with Gasteiger partial charge in [-0.1, -0.05) is 6.07 Å². The SMILES string of the molecule is OC1CN(c2cccc(-n3ncc4cnc(-c5cnn(CC(F)(F)F)c5)cc43)n2)C1. The highest BCUT2D eigenvalue weighted by Crippen LogP contribution is 2.26. The highest BCUT2D eigenvalue weighted by Gasteiger charge is 2.28. The molecule has 11 heteroatoms. The molecule has 1 N–H and O–H groups in total. The summed E-state index contributed by atoms with van der Waals surface area (Å²) in [6.45, 7) is -0.0896. The van der Waals surface area contributed by atoms with Crippen LogP contribution in [-0.4, -0.2) is 60.0 Å². The molecule has 1 aliphatic heterocycles. The van der Waals surface area contributed by atoms with E-state index in [1.165, 1.54) is 12.4 Å². The van der Waals surface area contributed by atoms with Crippen LogP contribution >= 0.6 is 0 Å². The molecule has 0 bridgehead atoms. The second-order valence-corrected chi connectivity index (χ2v) is 7.14. The quantitative estimate of drug-likeness (QED) is 0.551. The van der Waals surface area contributed by atoms with Crippen LogP contribution in [0.15, 0.2) is 49.1 Å². The summed E-state index contributed by atoms with van der Waals surface area (Å²) in [6.07, 6.45) is 1.26. The Morgan fingerprint density at radius 2 is 1.87 bits per heavy atom. The Kier molecular flexibility index (Phi) is 4.21. The molecule has 0 saturated carbocycles. The normalized spacial score (nSPS) is 15.0. The summed E-state index contributed by atoms with van der Waals surface area (Å²) in [5.41, 5.74) is 1.68. The van der Waals surface area contributed by atoms with Crippen LogP contribution in [0.5, 0.6) is 0 Å². The average molecular weight is 415 g/mol. The largest absolute Gasteiger partial charge is 0.408 e. The molecule has 4 aromatic heterocycles. The van der Waals surface area contributed by atoms with Crippen LogP contribution in [0, 0.1) is 0 Å². The van der Waals surface area contributed by atoms with E-state index in [0.29, 0.717) is 30.2 Å². The number of pyridine rings is 2. The predicted octanol–water partition coefficient (Wildman–Crippen LogP) is 2.42. The number of anilines is 1. The van der Waals surface area contributed by atoms with Crippen molar-refractivity contribution >= 4 is 16.7 Å². The first-order valence-electron chi connectivity index (χ1n) is 9.19. The molecule has 4 aromatic rings. The Bertz CT molecular complexity index is 1210. The second kappa shape index (κ2) is 6.80. The van der Waals surface area contributed by atoms with Crippen molar-refractivity contribution in [3.05, 3.63) is 49.1 Å². The van der Waals surface area contributed by atoms with E-state index in [0.717, 1.165) is 21.4 Å². The molecule has 5 rings (SSSR count). The Labute approximate surface area is 168 Å². The topological polar surface area (TPSA) is 84.9 Å². The first-order valence-corrected chi connectivity index (χ1v) is 9.19. The fourth-order valence-electron chi connectivity index (χ4n) is 3.38. The van der Waals surface area contributed by atoms with Gasteiger partial charge in [0.1, 0.15) is 12.4 Å². The number of β-amino-alcohol motifs (C(OH)–C–C–N with tert-alkyl or cyclic N) is 1. The van der Waals surface area contributed by atoms with Crippen molar-refractivity contribution in [1.29, 1.82) is 0 Å². The van der Waals surface area contributed by atoms with Gasteiger partial charge in [-0.05, 0) is 18.2 Å². The van der Waals surface area contributed by atoms with Crippen molar-refractivity contribution in [2.75, 3.05) is 18.0 Å². The van der Waals surface area contributed by atoms with Gasteiger partial charge in [0.15, 0.2) is 5.82 Å². The molecule has 0 atom stereocenters. The molecule has 8 nitrogen and oxygen atoms in total. The molecule has 1 fully saturated rings. The maximum atomic E-state index is 12.6. The Morgan fingerprint density at radius 1 is 1.07 bits per heavy atom. The highest BCUT2D eigenvalue weighted by atomic mass is 19.4. The fraction of sp³-hybridized carbons (Fsp3) is 0.263. The lowest BCUT2D eigenvalue weighted by Gasteiger charge is -2.36. The third-order valence-electron chi connectivity index (χ3n) is 4.85. The van der Waals surface area contributed by atoms with E-state index in [9.17, 15) is 18.3 Å². The summed E-state index contributed by atoms with van der Waals surface area (Å²) in [7, 11) is 0. The van der Waals surface area contributed by atoms with Gasteiger partial charge in [0, 0.05) is 36.4 Å². The summed E-state index contributed by atoms with van der Waals surface area (Å²) >= 11 is 0. The predicted molar refractivity (Wildman–Crippen MR) is 102 cm³/mol. The van der Waals surface area contributed by atoms with E-state index in [-0.39, 0.29) is 6.10 Å². The van der Waals surface area contributed by atoms with Gasteiger partial charge in [-0.25, -0.2) is 9.67 Å². The minimum Gasteiger partial charge on any atom is -0.389 e. The van der Waals surface area contributed by atoms with Crippen LogP contribution in [0.4, 0.5) is 19.0 Å². The summed E-state index contributed by atoms with van der Waals surface area (Å²) in [6, 6.07) is 7.29. The monoisotopic (exact) mass is 415 g/mol. The van der Waals surface area contributed by atoms with Crippen LogP contribution in [0.3, 0.4) is 0 Å². The zero-order chi connectivity index (χ0) is 20.9. The maximum Gasteiger partial charge on any atom is 0.408 e. The molecule has 0 radical (unpaired) electrons. The number of alkyl halides is 3. The molecule has 0 aromatic carbocycles. The minimum atomic E-state index is -4.34. The van der Waals surface area contributed by atoms with Crippen LogP contribution in [0.1, 0.15) is 0 Å². The number of aliphatic hydroxyl groups is 1. The van der Waals surface area contributed by atoms with Gasteiger partial charge < -0.3 is 10.0 Å². The lowest BCUT2D eigenvalue weighted by molar-refractivity contribution is -0.142. The molecular weight excluding hydrogens is 399 g/mol. The van der Waals surface area contributed by atoms with Crippen LogP contribution in [-0.2, 0) is 6.54 Å². The third kappa shape index (κ3) is 3.47. The van der Waals surface area contributed by atoms with Crippen LogP contribution in [0.25, 0.3) is 28.0 Å². The molecule has 154 valence electrons. The van der Waals surface area contributed by atoms with Crippen molar-refractivity contribution in [2.45, 2.75) is 18.8 Å². The smallest absolute Gasteiger partial charge is 0.389 e. The van der Waals surface area contributed by atoms with E-state index in [4.69, 9.17) is 0 Å². The van der Waals surface area contributed by atoms with Gasteiger partial charge in [0.2, 0.25) is 0 Å². The number of aromatic nitrogens is 6. The molecule has 0 unspecified atom stereocenters. The molecule has 0 spiro atoms. The van der Waals surface area contributed by atoms with Gasteiger partial charge in [-0.15, -0.1) is 0 Å². The van der Waals surface area contributed by atoms with Crippen molar-refractivity contribution < 1.29 is 18.3 Å². The minimum absolute atomic E-state index is 0.340. The van der Waals surface area contributed by atoms with E-state index in [1.54, 1.807) is 23.1 Å². The Morgan fingerprint density at radius 3 is 2.63 bits per heavy atom. The van der Waals surface area contributed by atoms with Gasteiger partial charge in [0.25, 0.3) is 0 Å². The molecular formula is C19H16F3N7O. The lowest BCUT2D eigenvalue weighted by Crippen LogP contribution is -2.51.